The first kappa shape index (κ1) is 30.9. The van der Waals surface area contributed by atoms with Crippen LogP contribution in [0.5, 0.6) is 0 Å². The van der Waals surface area contributed by atoms with Crippen LogP contribution in [-0.2, 0) is 14.6 Å². The van der Waals surface area contributed by atoms with E-state index in [2.05, 4.69) is 80.3 Å². The van der Waals surface area contributed by atoms with Gasteiger partial charge in [-0.15, -0.1) is 0 Å². The lowest BCUT2D eigenvalue weighted by Crippen LogP contribution is -2.46. The number of aromatic nitrogens is 4. The van der Waals surface area contributed by atoms with Crippen molar-refractivity contribution in [3.05, 3.63) is 47.8 Å². The predicted octanol–water partition coefficient (Wildman–Crippen LogP) is 5.13. The van der Waals surface area contributed by atoms with Crippen molar-refractivity contribution < 1.29 is 9.22 Å². The SMILES string of the molecule is CN1CCC(n2nccc2Nc2nccc(-c3cc(C#N)c4c(c3)[C@@](C)(CO[Si](C)(C)C(C)(C)C)CN4[B]C=O)n2)CC1. The summed E-state index contributed by atoms with van der Waals surface area (Å²) in [4.78, 5) is 25.2. The van der Waals surface area contributed by atoms with Gasteiger partial charge in [-0.25, -0.2) is 14.6 Å². The average molecular weight is 598 g/mol. The highest BCUT2D eigenvalue weighted by atomic mass is 28.4. The topological polar surface area (TPSA) is 112 Å². The van der Waals surface area contributed by atoms with E-state index in [1.807, 2.05) is 27.7 Å². The van der Waals surface area contributed by atoms with E-state index in [0.29, 0.717) is 36.4 Å². The third-order valence-electron chi connectivity index (χ3n) is 9.38. The van der Waals surface area contributed by atoms with E-state index >= 15 is 0 Å². The van der Waals surface area contributed by atoms with Crippen molar-refractivity contribution >= 4 is 39.4 Å². The van der Waals surface area contributed by atoms with Crippen LogP contribution in [0.25, 0.3) is 11.3 Å². The number of nitriles is 1. The highest BCUT2D eigenvalue weighted by Gasteiger charge is 2.44. The first-order valence-corrected chi connectivity index (χ1v) is 17.9. The minimum Gasteiger partial charge on any atom is -0.416 e. The molecule has 0 saturated carbocycles. The van der Waals surface area contributed by atoms with E-state index in [9.17, 15) is 10.1 Å². The van der Waals surface area contributed by atoms with Gasteiger partial charge in [-0.1, -0.05) is 27.7 Å². The number of nitrogens with one attached hydrogen (secondary N) is 1. The second-order valence-electron chi connectivity index (χ2n) is 13.6. The molecule has 3 aromatic rings. The van der Waals surface area contributed by atoms with Gasteiger partial charge in [0, 0.05) is 42.1 Å². The molecule has 1 saturated heterocycles. The molecule has 5 rings (SSSR count). The number of benzene rings is 1. The maximum Gasteiger partial charge on any atom is 0.329 e. The fourth-order valence-corrected chi connectivity index (χ4v) is 6.81. The molecule has 2 aromatic heterocycles. The molecule has 1 radical (unpaired) electrons. The lowest BCUT2D eigenvalue weighted by atomic mass is 9.83. The van der Waals surface area contributed by atoms with Crippen LogP contribution in [0.3, 0.4) is 0 Å². The number of fused-ring (bicyclic) bond motifs is 1. The molecule has 1 fully saturated rings. The fraction of sp³-hybridized carbons (Fsp3) is 0.516. The van der Waals surface area contributed by atoms with Crippen molar-refractivity contribution in [1.29, 1.82) is 5.26 Å². The summed E-state index contributed by atoms with van der Waals surface area (Å²) in [5.74, 6) is 1.32. The Morgan fingerprint density at radius 1 is 1.23 bits per heavy atom. The van der Waals surface area contributed by atoms with Crippen LogP contribution in [0.2, 0.25) is 18.1 Å². The minimum atomic E-state index is -2.04. The lowest BCUT2D eigenvalue weighted by Gasteiger charge is -2.39. The number of hydrogen-bond donors (Lipinski definition) is 1. The summed E-state index contributed by atoms with van der Waals surface area (Å²) in [6.07, 6.45) is 6.38. The largest absolute Gasteiger partial charge is 0.416 e. The van der Waals surface area contributed by atoms with E-state index in [4.69, 9.17) is 9.41 Å². The second kappa shape index (κ2) is 11.9. The van der Waals surface area contributed by atoms with E-state index in [1.165, 1.54) is 7.41 Å². The van der Waals surface area contributed by atoms with E-state index in [0.717, 1.165) is 54.7 Å². The quantitative estimate of drug-likeness (QED) is 0.265. The molecule has 225 valence electrons. The van der Waals surface area contributed by atoms with E-state index in [-0.39, 0.29) is 5.04 Å². The predicted molar refractivity (Wildman–Crippen MR) is 174 cm³/mol. The molecule has 0 spiro atoms. The number of rotatable bonds is 9. The Morgan fingerprint density at radius 3 is 2.65 bits per heavy atom. The molecule has 0 aliphatic carbocycles. The first-order valence-electron chi connectivity index (χ1n) is 15.0. The van der Waals surface area contributed by atoms with Gasteiger partial charge in [-0.2, -0.15) is 10.4 Å². The van der Waals surface area contributed by atoms with Crippen LogP contribution in [0.1, 0.15) is 57.7 Å². The summed E-state index contributed by atoms with van der Waals surface area (Å²) < 4.78 is 8.75. The molecule has 4 heterocycles. The molecule has 1 atom stereocenters. The molecule has 0 bridgehead atoms. The van der Waals surface area contributed by atoms with Gasteiger partial charge in [0.1, 0.15) is 18.1 Å². The number of carbonyl (C=O) groups excluding carboxylic acids is 1. The molecule has 43 heavy (non-hydrogen) atoms. The summed E-state index contributed by atoms with van der Waals surface area (Å²) in [7, 11) is 1.62. The Hall–Kier alpha value is -3.53. The van der Waals surface area contributed by atoms with Crippen LogP contribution >= 0.6 is 0 Å². The molecular formula is C31H42BN8O2Si. The van der Waals surface area contributed by atoms with Crippen molar-refractivity contribution in [3.63, 3.8) is 0 Å². The maximum atomic E-state index is 11.6. The molecular weight excluding hydrogens is 555 g/mol. The highest BCUT2D eigenvalue weighted by molar-refractivity contribution is 6.74. The number of carbonyl (C=O) groups is 1. The summed E-state index contributed by atoms with van der Waals surface area (Å²) in [6.45, 7) is 16.4. The normalized spacial score (nSPS) is 19.6. The zero-order valence-electron chi connectivity index (χ0n) is 26.4. The summed E-state index contributed by atoms with van der Waals surface area (Å²) in [6, 6.07) is 10.4. The maximum absolute atomic E-state index is 11.6. The number of likely N-dealkylation sites (tertiary alicyclic amines) is 1. The van der Waals surface area contributed by atoms with Gasteiger partial charge in [0.05, 0.1) is 23.5 Å². The molecule has 12 heteroatoms. The van der Waals surface area contributed by atoms with Crippen LogP contribution in [0.15, 0.2) is 36.7 Å². The summed E-state index contributed by atoms with van der Waals surface area (Å²) in [5.41, 5.74) is 3.32. The third-order valence-corrected chi connectivity index (χ3v) is 13.9. The molecule has 0 unspecified atom stereocenters. The van der Waals surface area contributed by atoms with Crippen LogP contribution < -0.4 is 10.1 Å². The van der Waals surface area contributed by atoms with Crippen molar-refractivity contribution in [2.45, 2.75) is 70.1 Å². The zero-order valence-corrected chi connectivity index (χ0v) is 27.4. The Balaban J connectivity index is 1.47. The molecule has 10 nitrogen and oxygen atoms in total. The molecule has 1 aromatic carbocycles. The molecule has 2 aliphatic heterocycles. The Morgan fingerprint density at radius 2 is 1.98 bits per heavy atom. The third kappa shape index (κ3) is 6.25. The van der Waals surface area contributed by atoms with Gasteiger partial charge in [0.15, 0.2) is 8.32 Å². The minimum absolute atomic E-state index is 0.0616. The number of anilines is 3. The van der Waals surface area contributed by atoms with E-state index < -0.39 is 13.7 Å². The van der Waals surface area contributed by atoms with Gasteiger partial charge >= 0.3 is 7.41 Å². The van der Waals surface area contributed by atoms with Crippen molar-refractivity contribution in [2.24, 2.45) is 0 Å². The van der Waals surface area contributed by atoms with Gasteiger partial charge < -0.3 is 24.2 Å². The standard InChI is InChI=1S/C31H42BN8O2Si/c1-30(2,3)43(6,7)42-20-31(4)19-39(32-21-41)28-23(18-33)16-22(17-25(28)31)26-8-12-34-29(36-26)37-27-9-13-35-40(27)24-10-14-38(5)15-11-24/h8-9,12-13,16-17,21,24H,10-11,14-15,19-20H2,1-7H3,(H,34,36,37)/t31-/m1/s1. The monoisotopic (exact) mass is 597 g/mol. The summed E-state index contributed by atoms with van der Waals surface area (Å²) >= 11 is 0. The van der Waals surface area contributed by atoms with Crippen molar-refractivity contribution in [1.82, 2.24) is 24.6 Å². The fourth-order valence-electron chi connectivity index (χ4n) is 5.70. The van der Waals surface area contributed by atoms with Gasteiger partial charge in [0.2, 0.25) is 5.95 Å². The van der Waals surface area contributed by atoms with Gasteiger partial charge in [-0.05, 0) is 74.9 Å². The van der Waals surface area contributed by atoms with Gasteiger partial charge in [0.25, 0.3) is 0 Å². The van der Waals surface area contributed by atoms with Gasteiger partial charge in [-0.3, -0.25) is 0 Å². The Bertz CT molecular complexity index is 1520. The number of piperidine rings is 1. The van der Waals surface area contributed by atoms with Crippen molar-refractivity contribution in [3.8, 4) is 17.3 Å². The molecule has 0 amide bonds. The Kier molecular flexibility index (Phi) is 8.53. The number of nitrogens with zero attached hydrogens (tertiary/aromatic N) is 7. The summed E-state index contributed by atoms with van der Waals surface area (Å²) in [5, 5.41) is 18.3. The smallest absolute Gasteiger partial charge is 0.329 e. The van der Waals surface area contributed by atoms with Crippen LogP contribution in [0, 0.1) is 11.3 Å². The van der Waals surface area contributed by atoms with E-state index in [1.54, 1.807) is 12.4 Å². The van der Waals surface area contributed by atoms with Crippen LogP contribution in [0.4, 0.5) is 17.5 Å². The molecule has 1 N–H and O–H groups in total. The average Bonchev–Trinajstić information content (AvgIpc) is 3.54. The Labute approximate surface area is 256 Å². The van der Waals surface area contributed by atoms with Crippen molar-refractivity contribution in [2.75, 3.05) is 43.4 Å². The lowest BCUT2D eigenvalue weighted by molar-refractivity contribution is 0.214. The first-order chi connectivity index (χ1) is 20.3. The zero-order chi connectivity index (χ0) is 31.0. The highest BCUT2D eigenvalue weighted by Crippen LogP contribution is 2.46. The van der Waals surface area contributed by atoms with Crippen LogP contribution in [-0.4, -0.2) is 79.9 Å². The molecule has 2 aliphatic rings. The second-order valence-corrected chi connectivity index (χ2v) is 18.4. The number of hydrogen-bond acceptors (Lipinski definition) is 9.